The lowest BCUT2D eigenvalue weighted by atomic mass is 9.87. The number of rotatable bonds is 19. The molecule has 1 aliphatic carbocycles. The number of sulfone groups is 1. The molecule has 0 radical (unpaired) electrons. The maximum Gasteiger partial charge on any atom is 0.427 e. The third-order valence-corrected chi connectivity index (χ3v) is 16.3. The Morgan fingerprint density at radius 3 is 2.18 bits per heavy atom. The molecule has 0 saturated carbocycles. The van der Waals surface area contributed by atoms with Crippen molar-refractivity contribution < 1.29 is 30.4 Å². The minimum Gasteiger partial charge on any atom is -0.380 e. The van der Waals surface area contributed by atoms with Crippen molar-refractivity contribution >= 4 is 77.7 Å². The second-order valence-electron chi connectivity index (χ2n) is 15.4. The minimum atomic E-state index is -5.60. The zero-order valence-corrected chi connectivity index (χ0v) is 38.8. The number of carbonyl (C=O) groups is 1. The van der Waals surface area contributed by atoms with Gasteiger partial charge in [0.25, 0.3) is 25.8 Å². The van der Waals surface area contributed by atoms with Crippen LogP contribution in [-0.4, -0.2) is 101 Å². The van der Waals surface area contributed by atoms with Gasteiger partial charge >= 0.3 is 4.71 Å². The van der Waals surface area contributed by atoms with E-state index < -0.39 is 46.3 Å². The molecule has 4 aromatic carbocycles. The van der Waals surface area contributed by atoms with Crippen molar-refractivity contribution in [1.29, 1.82) is 0 Å². The van der Waals surface area contributed by atoms with E-state index >= 15 is 0 Å². The Bertz CT molecular complexity index is 2390. The predicted molar refractivity (Wildman–Crippen MR) is 248 cm³/mol. The fraction of sp³-hybridized carbons (Fsp3) is 0.400. The summed E-state index contributed by atoms with van der Waals surface area (Å²) in [6.45, 7) is 10.4. The molecule has 0 aromatic heterocycles. The molecule has 1 fully saturated rings. The quantitative estimate of drug-likeness (QED) is 0.0696. The van der Waals surface area contributed by atoms with Gasteiger partial charge in [-0.3, -0.25) is 9.69 Å². The third-order valence-electron chi connectivity index (χ3n) is 11.4. The molecule has 6 rings (SSSR count). The van der Waals surface area contributed by atoms with E-state index in [9.17, 15) is 30.4 Å². The number of hydrogen-bond acceptors (Lipinski definition) is 10. The van der Waals surface area contributed by atoms with E-state index in [1.807, 2.05) is 61.0 Å². The lowest BCUT2D eigenvalue weighted by Gasteiger charge is -2.37. The first-order chi connectivity index (χ1) is 29.6. The Kier molecular flexibility index (Phi) is 16.4. The van der Waals surface area contributed by atoms with Crippen molar-refractivity contribution in [2.24, 2.45) is 0 Å². The fourth-order valence-corrected chi connectivity index (χ4v) is 11.2. The molecule has 10 nitrogen and oxygen atoms in total. The van der Waals surface area contributed by atoms with Gasteiger partial charge in [0.2, 0.25) is 0 Å². The first-order valence-corrected chi connectivity index (χ1v) is 25.5. The summed E-state index contributed by atoms with van der Waals surface area (Å²) in [7, 11) is -10.3. The summed E-state index contributed by atoms with van der Waals surface area (Å²) >= 11 is 12.8. The number of sulfonamides is 1. The maximum atomic E-state index is 14.6. The van der Waals surface area contributed by atoms with Gasteiger partial charge < -0.3 is 15.1 Å². The maximum absolute atomic E-state index is 14.6. The SMILES string of the molecule is CCN(CC)CC[C@H](CSc1ccccc1)Nc1ccc(S(=O)(=O)NC(=O)c2ccc(N3CCN(CC4=C(c5ccc(Cl)cc5)CCCC4)CC3)cc2)cc1S(=O)(=O)C(F)(F)Cl. The van der Waals surface area contributed by atoms with Gasteiger partial charge in [0, 0.05) is 72.2 Å². The van der Waals surface area contributed by atoms with E-state index in [0.717, 1.165) is 86.4 Å². The summed E-state index contributed by atoms with van der Waals surface area (Å²) in [5.41, 5.74) is 4.81. The summed E-state index contributed by atoms with van der Waals surface area (Å²) in [5, 5.41) is 3.82. The summed E-state index contributed by atoms with van der Waals surface area (Å²) in [4.78, 5) is 19.4. The van der Waals surface area contributed by atoms with Crippen molar-refractivity contribution in [3.8, 4) is 0 Å². The third kappa shape index (κ3) is 12.3. The van der Waals surface area contributed by atoms with E-state index in [2.05, 4.69) is 32.1 Å². The van der Waals surface area contributed by atoms with E-state index in [0.29, 0.717) is 24.8 Å². The van der Waals surface area contributed by atoms with Crippen LogP contribution in [0.3, 0.4) is 0 Å². The van der Waals surface area contributed by atoms with Gasteiger partial charge in [-0.2, -0.15) is 8.78 Å². The molecule has 2 N–H and O–H groups in total. The van der Waals surface area contributed by atoms with Crippen LogP contribution in [0.1, 0.15) is 61.9 Å². The Labute approximate surface area is 379 Å². The lowest BCUT2D eigenvalue weighted by Crippen LogP contribution is -2.47. The van der Waals surface area contributed by atoms with Crippen LogP contribution in [-0.2, 0) is 19.9 Å². The van der Waals surface area contributed by atoms with Crippen LogP contribution < -0.4 is 14.9 Å². The molecule has 1 aliphatic heterocycles. The second-order valence-corrected chi connectivity index (χ2v) is 21.3. The molecule has 17 heteroatoms. The van der Waals surface area contributed by atoms with Gasteiger partial charge in [0.15, 0.2) is 0 Å². The zero-order chi connectivity index (χ0) is 44.5. The highest BCUT2D eigenvalue weighted by Crippen LogP contribution is 2.38. The number of alkyl halides is 3. The average Bonchev–Trinajstić information content (AvgIpc) is 3.26. The van der Waals surface area contributed by atoms with E-state index in [4.69, 9.17) is 23.2 Å². The second kappa shape index (κ2) is 21.3. The van der Waals surface area contributed by atoms with E-state index in [-0.39, 0.29) is 11.3 Å². The van der Waals surface area contributed by atoms with Gasteiger partial charge in [-0.25, -0.2) is 21.6 Å². The molecule has 0 unspecified atom stereocenters. The van der Waals surface area contributed by atoms with E-state index in [1.54, 1.807) is 12.1 Å². The Morgan fingerprint density at radius 1 is 0.871 bits per heavy atom. The number of nitrogens with one attached hydrogen (secondary N) is 2. The molecule has 0 bridgehead atoms. The van der Waals surface area contributed by atoms with Crippen molar-refractivity contribution in [1.82, 2.24) is 14.5 Å². The summed E-state index contributed by atoms with van der Waals surface area (Å²) < 4.78 is 80.0. The van der Waals surface area contributed by atoms with Crippen LogP contribution in [0.25, 0.3) is 5.57 Å². The van der Waals surface area contributed by atoms with Crippen LogP contribution in [0.15, 0.2) is 117 Å². The monoisotopic (exact) mass is 947 g/mol. The van der Waals surface area contributed by atoms with Gasteiger partial charge in [-0.15, -0.1) is 11.8 Å². The molecule has 1 saturated heterocycles. The molecular formula is C45H53Cl2F2N5O5S3. The zero-order valence-electron chi connectivity index (χ0n) is 34.8. The molecular weight excluding hydrogens is 896 g/mol. The van der Waals surface area contributed by atoms with Gasteiger partial charge in [-0.05, 0) is 135 Å². The van der Waals surface area contributed by atoms with Crippen LogP contribution in [0.4, 0.5) is 20.2 Å². The van der Waals surface area contributed by atoms with Crippen molar-refractivity contribution in [3.63, 3.8) is 0 Å². The number of benzene rings is 4. The predicted octanol–water partition coefficient (Wildman–Crippen LogP) is 9.48. The van der Waals surface area contributed by atoms with Crippen LogP contribution in [0, 0.1) is 0 Å². The largest absolute Gasteiger partial charge is 0.427 e. The summed E-state index contributed by atoms with van der Waals surface area (Å²) in [6, 6.07) is 26.5. The minimum absolute atomic E-state index is 0.0420. The Balaban J connectivity index is 1.13. The molecule has 0 spiro atoms. The highest BCUT2D eigenvalue weighted by Gasteiger charge is 2.46. The number of amides is 1. The number of nitrogens with zero attached hydrogens (tertiary/aromatic N) is 3. The first-order valence-electron chi connectivity index (χ1n) is 20.8. The number of carbonyl (C=O) groups excluding carboxylic acids is 1. The van der Waals surface area contributed by atoms with Crippen molar-refractivity contribution in [2.75, 3.05) is 68.3 Å². The highest BCUT2D eigenvalue weighted by molar-refractivity contribution is 7.99. The first kappa shape index (κ1) is 47.8. The average molecular weight is 949 g/mol. The number of halogens is 4. The Morgan fingerprint density at radius 2 is 1.53 bits per heavy atom. The van der Waals surface area contributed by atoms with Gasteiger partial charge in [0.05, 0.1) is 15.5 Å². The topological polar surface area (TPSA) is 119 Å². The van der Waals surface area contributed by atoms with E-state index in [1.165, 1.54) is 53.4 Å². The van der Waals surface area contributed by atoms with Gasteiger partial charge in [-0.1, -0.05) is 61.4 Å². The molecule has 1 heterocycles. The number of anilines is 2. The molecule has 4 aromatic rings. The number of allylic oxidation sites excluding steroid dienone is 1. The van der Waals surface area contributed by atoms with Gasteiger partial charge in [0.1, 0.15) is 0 Å². The van der Waals surface area contributed by atoms with Crippen LogP contribution in [0.2, 0.25) is 5.02 Å². The number of piperazine rings is 1. The molecule has 334 valence electrons. The lowest BCUT2D eigenvalue weighted by molar-refractivity contribution is 0.0981. The number of thioether (sulfide) groups is 1. The van der Waals surface area contributed by atoms with Crippen LogP contribution >= 0.6 is 35.0 Å². The molecule has 62 heavy (non-hydrogen) atoms. The van der Waals surface area contributed by atoms with Crippen molar-refractivity contribution in [2.45, 2.75) is 71.4 Å². The van der Waals surface area contributed by atoms with Crippen molar-refractivity contribution in [3.05, 3.63) is 119 Å². The molecule has 1 amide bonds. The smallest absolute Gasteiger partial charge is 0.380 e. The van der Waals surface area contributed by atoms with Crippen LogP contribution in [0.5, 0.6) is 0 Å². The standard InChI is InChI=1S/C45H53Cl2F2N5O5S3/c1-3-52(4-2)25-24-37(32-60-39-11-6-5-7-12-39)50-42-23-22-40(30-43(42)61(56,57)45(47,48)49)62(58,59)51-44(55)34-16-20-38(21-17-34)54-28-26-53(27-29-54)31-35-10-8-9-13-41(35)33-14-18-36(46)19-15-33/h5-7,11-12,14-23,30,37,50H,3-4,8-10,13,24-29,31-32H2,1-2H3,(H,51,55)/t37-/m1/s1. The Hall–Kier alpha value is -3.70. The normalized spacial score (nSPS) is 16.1. The molecule has 2 aliphatic rings. The number of hydrogen-bond donors (Lipinski definition) is 2. The summed E-state index contributed by atoms with van der Waals surface area (Å²) in [6.07, 6.45) is 5.02. The molecule has 1 atom stereocenters. The highest BCUT2D eigenvalue weighted by atomic mass is 35.5. The fourth-order valence-electron chi connectivity index (χ4n) is 7.78. The summed E-state index contributed by atoms with van der Waals surface area (Å²) in [5.74, 6) is -0.527.